The van der Waals surface area contributed by atoms with Crippen LogP contribution in [0.3, 0.4) is 0 Å². The molecule has 1 heterocycles. The van der Waals surface area contributed by atoms with Gasteiger partial charge < -0.3 is 10.0 Å². The first-order valence-electron chi connectivity index (χ1n) is 7.53. The highest BCUT2D eigenvalue weighted by Gasteiger charge is 2.40. The van der Waals surface area contributed by atoms with Crippen molar-refractivity contribution in [3.63, 3.8) is 0 Å². The van der Waals surface area contributed by atoms with E-state index < -0.39 is 11.4 Å². The van der Waals surface area contributed by atoms with Gasteiger partial charge in [0.1, 0.15) is 0 Å². The van der Waals surface area contributed by atoms with Gasteiger partial charge in [-0.05, 0) is 45.7 Å². The van der Waals surface area contributed by atoms with Gasteiger partial charge in [-0.1, -0.05) is 33.1 Å². The van der Waals surface area contributed by atoms with E-state index in [1.165, 1.54) is 25.7 Å². The fraction of sp³-hybridized carbons (Fsp3) is 0.933. The van der Waals surface area contributed by atoms with Crippen molar-refractivity contribution >= 4 is 5.97 Å². The quantitative estimate of drug-likeness (QED) is 0.707. The molecule has 0 radical (unpaired) electrons. The number of likely N-dealkylation sites (tertiary alicyclic amines) is 1. The van der Waals surface area contributed by atoms with Crippen LogP contribution in [0.15, 0.2) is 0 Å². The van der Waals surface area contributed by atoms with E-state index in [2.05, 4.69) is 18.7 Å². The highest BCUT2D eigenvalue weighted by atomic mass is 16.4. The van der Waals surface area contributed by atoms with Crippen LogP contribution in [0.1, 0.15) is 65.7 Å². The lowest BCUT2D eigenvalue weighted by Crippen LogP contribution is -2.47. The molecule has 1 atom stereocenters. The van der Waals surface area contributed by atoms with Gasteiger partial charge in [-0.2, -0.15) is 0 Å². The predicted octanol–water partition coefficient (Wildman–Crippen LogP) is 3.53. The van der Waals surface area contributed by atoms with Crippen LogP contribution in [0.2, 0.25) is 0 Å². The van der Waals surface area contributed by atoms with Crippen LogP contribution in [-0.2, 0) is 4.79 Å². The summed E-state index contributed by atoms with van der Waals surface area (Å²) in [5.41, 5.74) is -0.445. The monoisotopic (exact) mass is 255 g/mol. The number of unbranched alkanes of at least 4 members (excludes halogenated alkanes) is 2. The first-order chi connectivity index (χ1) is 8.55. The van der Waals surface area contributed by atoms with Gasteiger partial charge >= 0.3 is 5.97 Å². The van der Waals surface area contributed by atoms with Crippen molar-refractivity contribution in [2.45, 2.75) is 71.8 Å². The number of carboxylic acid groups (broad SMARTS) is 1. The lowest BCUT2D eigenvalue weighted by atomic mass is 9.76. The van der Waals surface area contributed by atoms with Crippen LogP contribution in [0, 0.1) is 5.41 Å². The number of carbonyl (C=O) groups is 1. The number of aliphatic carboxylic acids is 1. The molecule has 1 saturated heterocycles. The first kappa shape index (κ1) is 15.5. The zero-order valence-corrected chi connectivity index (χ0v) is 12.2. The fourth-order valence-electron chi connectivity index (χ4n) is 2.98. The number of hydrogen-bond donors (Lipinski definition) is 1. The van der Waals surface area contributed by atoms with Crippen molar-refractivity contribution in [3.8, 4) is 0 Å². The Bertz CT molecular complexity index is 257. The fourth-order valence-corrected chi connectivity index (χ4v) is 2.98. The van der Waals surface area contributed by atoms with E-state index in [0.29, 0.717) is 6.04 Å². The zero-order chi connectivity index (χ0) is 13.6. The average molecular weight is 255 g/mol. The van der Waals surface area contributed by atoms with E-state index >= 15 is 0 Å². The highest BCUT2D eigenvalue weighted by molar-refractivity contribution is 5.74. The van der Waals surface area contributed by atoms with Crippen LogP contribution < -0.4 is 0 Å². The molecule has 1 aliphatic heterocycles. The molecule has 1 rings (SSSR count). The Hall–Kier alpha value is -0.570. The molecule has 0 aromatic carbocycles. The molecular weight excluding hydrogens is 226 g/mol. The number of carboxylic acids is 1. The molecule has 18 heavy (non-hydrogen) atoms. The second-order valence-corrected chi connectivity index (χ2v) is 5.82. The summed E-state index contributed by atoms with van der Waals surface area (Å²) >= 11 is 0. The van der Waals surface area contributed by atoms with Crippen LogP contribution in [-0.4, -0.2) is 35.1 Å². The standard InChI is InChI=1S/C15H29NO2/c1-4-6-7-8-13(3)16-11-9-15(5-2,10-12-16)14(17)18/h13H,4-12H2,1-3H3,(H,17,18). The third-order valence-electron chi connectivity index (χ3n) is 4.73. The molecule has 106 valence electrons. The number of rotatable bonds is 7. The van der Waals surface area contributed by atoms with Crippen LogP contribution in [0.5, 0.6) is 0 Å². The summed E-state index contributed by atoms with van der Waals surface area (Å²) in [6, 6.07) is 0.611. The molecule has 0 aromatic heterocycles. The van der Waals surface area contributed by atoms with E-state index in [1.54, 1.807) is 0 Å². The molecule has 0 amide bonds. The van der Waals surface area contributed by atoms with Crippen molar-refractivity contribution in [1.29, 1.82) is 0 Å². The van der Waals surface area contributed by atoms with E-state index in [1.807, 2.05) is 6.92 Å². The Labute approximate surface area is 112 Å². The molecule has 0 aliphatic carbocycles. The highest BCUT2D eigenvalue weighted by Crippen LogP contribution is 2.36. The molecule has 0 aromatic rings. The maximum Gasteiger partial charge on any atom is 0.309 e. The Morgan fingerprint density at radius 3 is 2.33 bits per heavy atom. The Balaban J connectivity index is 2.40. The SMILES string of the molecule is CCCCCC(C)N1CCC(CC)(C(=O)O)CC1. The molecular formula is C15H29NO2. The van der Waals surface area contributed by atoms with Gasteiger partial charge in [0.25, 0.3) is 0 Å². The Morgan fingerprint density at radius 2 is 1.89 bits per heavy atom. The number of hydrogen-bond acceptors (Lipinski definition) is 2. The molecule has 1 unspecified atom stereocenters. The van der Waals surface area contributed by atoms with Gasteiger partial charge in [0.2, 0.25) is 0 Å². The Kier molecular flexibility index (Phi) is 6.13. The molecule has 3 nitrogen and oxygen atoms in total. The lowest BCUT2D eigenvalue weighted by molar-refractivity contribution is -0.152. The average Bonchev–Trinajstić information content (AvgIpc) is 2.38. The van der Waals surface area contributed by atoms with Crippen LogP contribution in [0.4, 0.5) is 0 Å². The third kappa shape index (κ3) is 3.71. The summed E-state index contributed by atoms with van der Waals surface area (Å²) in [6.07, 6.45) is 7.53. The Morgan fingerprint density at radius 1 is 1.28 bits per heavy atom. The maximum atomic E-state index is 11.4. The van der Waals surface area contributed by atoms with E-state index in [9.17, 15) is 9.90 Å². The van der Waals surface area contributed by atoms with E-state index in [4.69, 9.17) is 0 Å². The van der Waals surface area contributed by atoms with Crippen LogP contribution in [0.25, 0.3) is 0 Å². The van der Waals surface area contributed by atoms with E-state index in [-0.39, 0.29) is 0 Å². The maximum absolute atomic E-state index is 11.4. The van der Waals surface area contributed by atoms with Gasteiger partial charge in [0.05, 0.1) is 5.41 Å². The number of piperidine rings is 1. The van der Waals surface area contributed by atoms with Gasteiger partial charge in [-0.15, -0.1) is 0 Å². The van der Waals surface area contributed by atoms with Crippen LogP contribution >= 0.6 is 0 Å². The molecule has 0 spiro atoms. The summed E-state index contributed by atoms with van der Waals surface area (Å²) in [5.74, 6) is -0.594. The summed E-state index contributed by atoms with van der Waals surface area (Å²) in [5, 5.41) is 9.37. The molecule has 0 saturated carbocycles. The minimum Gasteiger partial charge on any atom is -0.481 e. The minimum atomic E-state index is -0.594. The predicted molar refractivity (Wildman–Crippen MR) is 74.8 cm³/mol. The smallest absolute Gasteiger partial charge is 0.309 e. The summed E-state index contributed by atoms with van der Waals surface area (Å²) in [7, 11) is 0. The normalized spacial score (nSPS) is 21.7. The topological polar surface area (TPSA) is 40.5 Å². The summed E-state index contributed by atoms with van der Waals surface area (Å²) in [6.45, 7) is 8.43. The first-order valence-corrected chi connectivity index (χ1v) is 7.53. The third-order valence-corrected chi connectivity index (χ3v) is 4.73. The molecule has 1 N–H and O–H groups in total. The molecule has 3 heteroatoms. The van der Waals surface area contributed by atoms with Gasteiger partial charge in [-0.3, -0.25) is 4.79 Å². The van der Waals surface area contributed by atoms with Gasteiger partial charge in [0.15, 0.2) is 0 Å². The van der Waals surface area contributed by atoms with Crippen molar-refractivity contribution < 1.29 is 9.90 Å². The largest absolute Gasteiger partial charge is 0.481 e. The van der Waals surface area contributed by atoms with Gasteiger partial charge in [-0.25, -0.2) is 0 Å². The minimum absolute atomic E-state index is 0.445. The molecule has 1 fully saturated rings. The summed E-state index contributed by atoms with van der Waals surface area (Å²) < 4.78 is 0. The molecule has 0 bridgehead atoms. The number of nitrogens with zero attached hydrogens (tertiary/aromatic N) is 1. The van der Waals surface area contributed by atoms with Crippen molar-refractivity contribution in [3.05, 3.63) is 0 Å². The second-order valence-electron chi connectivity index (χ2n) is 5.82. The van der Waals surface area contributed by atoms with E-state index in [0.717, 1.165) is 32.4 Å². The second kappa shape index (κ2) is 7.13. The van der Waals surface area contributed by atoms with Crippen molar-refractivity contribution in [1.82, 2.24) is 4.90 Å². The van der Waals surface area contributed by atoms with Crippen molar-refractivity contribution in [2.75, 3.05) is 13.1 Å². The zero-order valence-electron chi connectivity index (χ0n) is 12.2. The molecule has 1 aliphatic rings. The van der Waals surface area contributed by atoms with Gasteiger partial charge in [0, 0.05) is 6.04 Å². The summed E-state index contributed by atoms with van der Waals surface area (Å²) in [4.78, 5) is 13.9. The van der Waals surface area contributed by atoms with Crippen molar-refractivity contribution in [2.24, 2.45) is 5.41 Å². The lowest BCUT2D eigenvalue weighted by Gasteiger charge is -2.41.